The topological polar surface area (TPSA) is 52.9 Å². The van der Waals surface area contributed by atoms with Crippen LogP contribution in [0.2, 0.25) is 0 Å². The summed E-state index contributed by atoms with van der Waals surface area (Å²) in [5.74, 6) is -0.252. The van der Waals surface area contributed by atoms with Crippen LogP contribution in [0, 0.1) is 11.3 Å². The summed E-state index contributed by atoms with van der Waals surface area (Å²) in [5.41, 5.74) is 2.07. The highest BCUT2D eigenvalue weighted by Crippen LogP contribution is 2.14. The van der Waals surface area contributed by atoms with Crippen molar-refractivity contribution < 1.29 is 4.79 Å². The lowest BCUT2D eigenvalue weighted by Crippen LogP contribution is -2.09. The van der Waals surface area contributed by atoms with Crippen molar-refractivity contribution in [2.45, 2.75) is 71.1 Å². The molecule has 0 aliphatic carbocycles. The first-order valence-corrected chi connectivity index (χ1v) is 8.52. The van der Waals surface area contributed by atoms with Gasteiger partial charge in [0.2, 0.25) is 5.91 Å². The Morgan fingerprint density at radius 2 is 1.59 bits per heavy atom. The molecule has 0 atom stereocenters. The second kappa shape index (κ2) is 11.8. The van der Waals surface area contributed by atoms with Crippen LogP contribution >= 0.6 is 0 Å². The number of nitriles is 1. The summed E-state index contributed by atoms with van der Waals surface area (Å²) < 4.78 is 0. The van der Waals surface area contributed by atoms with E-state index in [4.69, 9.17) is 5.26 Å². The van der Waals surface area contributed by atoms with E-state index in [1.165, 1.54) is 56.9 Å². The van der Waals surface area contributed by atoms with Crippen molar-refractivity contribution in [3.8, 4) is 6.07 Å². The van der Waals surface area contributed by atoms with Gasteiger partial charge in [0.15, 0.2) is 0 Å². The number of carbonyl (C=O) groups is 1. The van der Waals surface area contributed by atoms with Crippen molar-refractivity contribution in [1.82, 2.24) is 0 Å². The van der Waals surface area contributed by atoms with Crippen molar-refractivity contribution >= 4 is 11.6 Å². The highest BCUT2D eigenvalue weighted by atomic mass is 16.1. The third-order valence-electron chi connectivity index (χ3n) is 3.80. The van der Waals surface area contributed by atoms with Crippen molar-refractivity contribution in [2.24, 2.45) is 0 Å². The molecule has 0 aliphatic heterocycles. The van der Waals surface area contributed by atoms with Crippen molar-refractivity contribution in [3.63, 3.8) is 0 Å². The van der Waals surface area contributed by atoms with Gasteiger partial charge in [-0.25, -0.2) is 0 Å². The van der Waals surface area contributed by atoms with Crippen molar-refractivity contribution in [2.75, 3.05) is 5.32 Å². The first-order chi connectivity index (χ1) is 10.8. The molecular weight excluding hydrogens is 272 g/mol. The van der Waals surface area contributed by atoms with Crippen LogP contribution in [0.25, 0.3) is 0 Å². The van der Waals surface area contributed by atoms with Gasteiger partial charge in [0.25, 0.3) is 0 Å². The minimum absolute atomic E-state index is 0.0972. The summed E-state index contributed by atoms with van der Waals surface area (Å²) in [4.78, 5) is 11.3. The van der Waals surface area contributed by atoms with Crippen LogP contribution < -0.4 is 5.32 Å². The molecule has 0 aromatic heterocycles. The van der Waals surface area contributed by atoms with Crippen LogP contribution in [-0.4, -0.2) is 5.91 Å². The Kier molecular flexibility index (Phi) is 9.78. The molecule has 1 aromatic rings. The average Bonchev–Trinajstić information content (AvgIpc) is 2.52. The molecule has 22 heavy (non-hydrogen) atoms. The number of nitrogens with zero attached hydrogens (tertiary/aromatic N) is 1. The van der Waals surface area contributed by atoms with Crippen LogP contribution in [-0.2, 0) is 11.2 Å². The van der Waals surface area contributed by atoms with Gasteiger partial charge in [0.05, 0.1) is 6.07 Å². The molecule has 0 heterocycles. The van der Waals surface area contributed by atoms with Gasteiger partial charge in [-0.2, -0.15) is 5.26 Å². The maximum atomic E-state index is 11.3. The maximum Gasteiger partial charge on any atom is 0.238 e. The fourth-order valence-electron chi connectivity index (χ4n) is 2.49. The molecule has 0 bridgehead atoms. The Labute approximate surface area is 134 Å². The molecule has 0 saturated heterocycles. The second-order valence-electron chi connectivity index (χ2n) is 5.80. The van der Waals surface area contributed by atoms with Crippen molar-refractivity contribution in [1.29, 1.82) is 5.26 Å². The van der Waals surface area contributed by atoms with Crippen LogP contribution in [0.5, 0.6) is 0 Å². The van der Waals surface area contributed by atoms with Crippen LogP contribution in [0.1, 0.15) is 70.3 Å². The van der Waals surface area contributed by atoms with E-state index in [-0.39, 0.29) is 12.3 Å². The number of carbonyl (C=O) groups excluding carboxylic acids is 1. The number of rotatable bonds is 11. The summed E-state index contributed by atoms with van der Waals surface area (Å²) >= 11 is 0. The van der Waals surface area contributed by atoms with E-state index < -0.39 is 0 Å². The fraction of sp³-hybridized carbons (Fsp3) is 0.579. The van der Waals surface area contributed by atoms with Crippen molar-refractivity contribution in [3.05, 3.63) is 29.8 Å². The summed E-state index contributed by atoms with van der Waals surface area (Å²) in [7, 11) is 0. The lowest BCUT2D eigenvalue weighted by atomic mass is 10.0. The predicted octanol–water partition coefficient (Wildman–Crippen LogP) is 5.22. The quantitative estimate of drug-likeness (QED) is 0.569. The third-order valence-corrected chi connectivity index (χ3v) is 3.80. The molecular formula is C19H28N2O. The molecule has 0 unspecified atom stereocenters. The third kappa shape index (κ3) is 8.46. The Morgan fingerprint density at radius 3 is 2.18 bits per heavy atom. The lowest BCUT2D eigenvalue weighted by molar-refractivity contribution is -0.115. The number of anilines is 1. The number of hydrogen-bond acceptors (Lipinski definition) is 2. The Morgan fingerprint density at radius 1 is 1.00 bits per heavy atom. The molecule has 120 valence electrons. The molecule has 3 nitrogen and oxygen atoms in total. The van der Waals surface area contributed by atoms with E-state index in [1.807, 2.05) is 18.2 Å². The number of unbranched alkanes of at least 4 members (excludes halogenated alkanes) is 7. The molecule has 1 aromatic carbocycles. The lowest BCUT2D eigenvalue weighted by Gasteiger charge is -2.05. The zero-order chi connectivity index (χ0) is 16.0. The van der Waals surface area contributed by atoms with Gasteiger partial charge in [-0.1, -0.05) is 64.0 Å². The highest BCUT2D eigenvalue weighted by Gasteiger charge is 2.01. The minimum Gasteiger partial charge on any atom is -0.325 e. The largest absolute Gasteiger partial charge is 0.325 e. The first kappa shape index (κ1) is 18.2. The van der Waals surface area contributed by atoms with Gasteiger partial charge in [-0.3, -0.25) is 4.79 Å². The first-order valence-electron chi connectivity index (χ1n) is 8.52. The normalized spacial score (nSPS) is 10.2. The molecule has 3 heteroatoms. The highest BCUT2D eigenvalue weighted by molar-refractivity contribution is 5.91. The predicted molar refractivity (Wildman–Crippen MR) is 91.6 cm³/mol. The Bertz CT molecular complexity index is 459. The average molecular weight is 300 g/mol. The van der Waals surface area contributed by atoms with Gasteiger partial charge < -0.3 is 5.32 Å². The Balaban J connectivity index is 2.14. The van der Waals surface area contributed by atoms with Gasteiger partial charge in [-0.05, 0) is 30.5 Å². The number of aryl methyl sites for hydroxylation is 1. The van der Waals surface area contributed by atoms with E-state index in [0.717, 1.165) is 12.1 Å². The smallest absolute Gasteiger partial charge is 0.238 e. The molecule has 0 fully saturated rings. The van der Waals surface area contributed by atoms with Gasteiger partial charge in [0.1, 0.15) is 6.42 Å². The zero-order valence-corrected chi connectivity index (χ0v) is 13.7. The number of benzene rings is 1. The van der Waals surface area contributed by atoms with Gasteiger partial charge >= 0.3 is 0 Å². The minimum atomic E-state index is -0.252. The summed E-state index contributed by atoms with van der Waals surface area (Å²) in [5, 5.41) is 11.2. The maximum absolute atomic E-state index is 11.3. The molecule has 0 spiro atoms. The summed E-state index contributed by atoms with van der Waals surface area (Å²) in [6.45, 7) is 2.25. The van der Waals surface area contributed by atoms with Crippen LogP contribution in [0.15, 0.2) is 24.3 Å². The van der Waals surface area contributed by atoms with E-state index in [2.05, 4.69) is 24.4 Å². The van der Waals surface area contributed by atoms with E-state index in [0.29, 0.717) is 0 Å². The Hall–Kier alpha value is -1.82. The number of amides is 1. The van der Waals surface area contributed by atoms with Gasteiger partial charge in [0, 0.05) is 5.69 Å². The molecule has 1 rings (SSSR count). The number of nitrogens with one attached hydrogen (secondary N) is 1. The summed E-state index contributed by atoms with van der Waals surface area (Å²) in [6.07, 6.45) is 11.7. The molecule has 1 amide bonds. The van der Waals surface area contributed by atoms with Gasteiger partial charge in [-0.15, -0.1) is 0 Å². The molecule has 0 saturated carbocycles. The standard InChI is InChI=1S/C19H28N2O/c1-2-3-4-5-6-7-8-9-10-17-11-13-18(14-12-17)21-19(22)15-16-20/h11-14H,2-10,15H2,1H3,(H,21,22). The van der Waals surface area contributed by atoms with Crippen LogP contribution in [0.4, 0.5) is 5.69 Å². The van der Waals surface area contributed by atoms with E-state index in [1.54, 1.807) is 0 Å². The zero-order valence-electron chi connectivity index (χ0n) is 13.7. The molecule has 0 aliphatic rings. The van der Waals surface area contributed by atoms with Crippen LogP contribution in [0.3, 0.4) is 0 Å². The number of hydrogen-bond donors (Lipinski definition) is 1. The fourth-order valence-corrected chi connectivity index (χ4v) is 2.49. The molecule has 0 radical (unpaired) electrons. The monoisotopic (exact) mass is 300 g/mol. The molecule has 1 N–H and O–H groups in total. The van der Waals surface area contributed by atoms with E-state index in [9.17, 15) is 4.79 Å². The SMILES string of the molecule is CCCCCCCCCCc1ccc(NC(=O)CC#N)cc1. The summed E-state index contributed by atoms with van der Waals surface area (Å²) in [6, 6.07) is 9.78. The second-order valence-corrected chi connectivity index (χ2v) is 5.80. The van der Waals surface area contributed by atoms with E-state index >= 15 is 0 Å².